The molecule has 0 aliphatic carbocycles. The maximum Gasteiger partial charge on any atom is 0.295 e. The summed E-state index contributed by atoms with van der Waals surface area (Å²) in [4.78, 5) is 29.4. The average Bonchev–Trinajstić information content (AvgIpc) is 2.94. The van der Waals surface area contributed by atoms with Crippen LogP contribution < -0.4 is 0 Å². The standard InChI is InChI=1S/C24H28N2O4/c1-15-9-10-16(2)19(13-15)22(28)20-21(17-7-5-8-18(27)14-17)26(24(30)23(20)29)12-6-11-25(3)4/h5,7-10,13-14,21,27-28H,6,11-12H2,1-4H3/b22-20+. The lowest BCUT2D eigenvalue weighted by atomic mass is 9.93. The number of carbonyl (C=O) groups is 2. The third kappa shape index (κ3) is 4.24. The molecule has 1 atom stereocenters. The summed E-state index contributed by atoms with van der Waals surface area (Å²) >= 11 is 0. The quantitative estimate of drug-likeness (QED) is 0.435. The molecule has 1 fully saturated rings. The SMILES string of the molecule is Cc1ccc(C)c(/C(O)=C2\C(=O)C(=O)N(CCCN(C)C)C2c2cccc(O)c2)c1. The minimum absolute atomic E-state index is 0.0399. The molecular weight excluding hydrogens is 380 g/mol. The fourth-order valence-corrected chi connectivity index (χ4v) is 3.85. The Morgan fingerprint density at radius 3 is 2.50 bits per heavy atom. The molecule has 1 heterocycles. The number of rotatable bonds is 6. The number of ketones is 1. The van der Waals surface area contributed by atoms with Crippen LogP contribution in [0, 0.1) is 13.8 Å². The van der Waals surface area contributed by atoms with Gasteiger partial charge < -0.3 is 20.0 Å². The number of carbonyl (C=O) groups excluding carboxylic acids is 2. The van der Waals surface area contributed by atoms with Crippen molar-refractivity contribution in [2.45, 2.75) is 26.3 Å². The van der Waals surface area contributed by atoms with Crippen LogP contribution in [0.3, 0.4) is 0 Å². The smallest absolute Gasteiger partial charge is 0.295 e. The summed E-state index contributed by atoms with van der Waals surface area (Å²) in [5.74, 6) is -1.48. The highest BCUT2D eigenvalue weighted by molar-refractivity contribution is 6.46. The number of likely N-dealkylation sites (tertiary alicyclic amines) is 1. The van der Waals surface area contributed by atoms with E-state index in [1.165, 1.54) is 17.0 Å². The van der Waals surface area contributed by atoms with E-state index in [0.29, 0.717) is 24.1 Å². The minimum Gasteiger partial charge on any atom is -0.508 e. The summed E-state index contributed by atoms with van der Waals surface area (Å²) in [6.07, 6.45) is 0.679. The van der Waals surface area contributed by atoms with Gasteiger partial charge in [0.15, 0.2) is 0 Å². The van der Waals surface area contributed by atoms with Crippen molar-refractivity contribution in [1.82, 2.24) is 9.80 Å². The third-order valence-corrected chi connectivity index (χ3v) is 5.38. The van der Waals surface area contributed by atoms with Gasteiger partial charge >= 0.3 is 0 Å². The average molecular weight is 408 g/mol. The predicted octanol–water partition coefficient (Wildman–Crippen LogP) is 3.38. The Morgan fingerprint density at radius 1 is 1.10 bits per heavy atom. The normalized spacial score (nSPS) is 18.4. The minimum atomic E-state index is -0.751. The molecule has 1 saturated heterocycles. The Kier molecular flexibility index (Phi) is 6.27. The monoisotopic (exact) mass is 408 g/mol. The van der Waals surface area contributed by atoms with E-state index in [1.807, 2.05) is 51.0 Å². The summed E-state index contributed by atoms with van der Waals surface area (Å²) in [5, 5.41) is 21.1. The summed E-state index contributed by atoms with van der Waals surface area (Å²) in [5.41, 5.74) is 2.93. The number of benzene rings is 2. The van der Waals surface area contributed by atoms with Gasteiger partial charge in [-0.1, -0.05) is 29.8 Å². The van der Waals surface area contributed by atoms with Gasteiger partial charge in [0, 0.05) is 12.1 Å². The number of Topliss-reactive ketones (excluding diaryl/α,β-unsaturated/α-hetero) is 1. The second-order valence-electron chi connectivity index (χ2n) is 8.06. The molecule has 6 heteroatoms. The largest absolute Gasteiger partial charge is 0.508 e. The second kappa shape index (κ2) is 8.71. The lowest BCUT2D eigenvalue weighted by Gasteiger charge is -2.26. The van der Waals surface area contributed by atoms with Crippen molar-refractivity contribution in [2.75, 3.05) is 27.2 Å². The molecule has 0 saturated carbocycles. The molecule has 0 radical (unpaired) electrons. The summed E-state index contributed by atoms with van der Waals surface area (Å²) in [6.45, 7) is 4.88. The highest BCUT2D eigenvalue weighted by Gasteiger charge is 2.46. The summed E-state index contributed by atoms with van der Waals surface area (Å²) < 4.78 is 0. The van der Waals surface area contributed by atoms with Gasteiger partial charge in [0.2, 0.25) is 0 Å². The van der Waals surface area contributed by atoms with Crippen LogP contribution in [0.2, 0.25) is 0 Å². The highest BCUT2D eigenvalue weighted by Crippen LogP contribution is 2.40. The number of phenolic OH excluding ortho intramolecular Hbond substituents is 1. The van der Waals surface area contributed by atoms with E-state index in [4.69, 9.17) is 0 Å². The van der Waals surface area contributed by atoms with E-state index in [2.05, 4.69) is 0 Å². The fraction of sp³-hybridized carbons (Fsp3) is 0.333. The molecular formula is C24H28N2O4. The Bertz CT molecular complexity index is 1010. The van der Waals surface area contributed by atoms with Gasteiger partial charge in [-0.15, -0.1) is 0 Å². The number of aryl methyl sites for hydroxylation is 2. The van der Waals surface area contributed by atoms with E-state index in [9.17, 15) is 19.8 Å². The summed E-state index contributed by atoms with van der Waals surface area (Å²) in [6, 6.07) is 11.4. The molecule has 30 heavy (non-hydrogen) atoms. The molecule has 1 unspecified atom stereocenters. The Labute approximate surface area is 177 Å². The van der Waals surface area contributed by atoms with Gasteiger partial charge in [-0.3, -0.25) is 9.59 Å². The van der Waals surface area contributed by atoms with Crippen molar-refractivity contribution >= 4 is 17.4 Å². The number of hydrogen-bond acceptors (Lipinski definition) is 5. The van der Waals surface area contributed by atoms with E-state index in [1.54, 1.807) is 12.1 Å². The lowest BCUT2D eigenvalue weighted by Crippen LogP contribution is -2.32. The Balaban J connectivity index is 2.15. The van der Waals surface area contributed by atoms with Crippen LogP contribution in [0.25, 0.3) is 5.76 Å². The highest BCUT2D eigenvalue weighted by atomic mass is 16.3. The molecule has 1 aliphatic heterocycles. The van der Waals surface area contributed by atoms with E-state index < -0.39 is 17.7 Å². The summed E-state index contributed by atoms with van der Waals surface area (Å²) in [7, 11) is 3.89. The zero-order valence-corrected chi connectivity index (χ0v) is 17.8. The first kappa shape index (κ1) is 21.6. The number of amides is 1. The van der Waals surface area contributed by atoms with Gasteiger partial charge in [0.05, 0.1) is 11.6 Å². The maximum absolute atomic E-state index is 13.0. The van der Waals surface area contributed by atoms with Crippen molar-refractivity contribution < 1.29 is 19.8 Å². The van der Waals surface area contributed by atoms with Crippen LogP contribution in [0.5, 0.6) is 5.75 Å². The number of phenols is 1. The van der Waals surface area contributed by atoms with Crippen LogP contribution in [0.4, 0.5) is 0 Å². The first-order chi connectivity index (χ1) is 14.2. The number of hydrogen-bond donors (Lipinski definition) is 2. The van der Waals surface area contributed by atoms with Gasteiger partial charge in [-0.2, -0.15) is 0 Å². The zero-order valence-electron chi connectivity index (χ0n) is 17.8. The van der Waals surface area contributed by atoms with Crippen molar-refractivity contribution in [3.05, 3.63) is 70.3 Å². The first-order valence-electron chi connectivity index (χ1n) is 10.0. The molecule has 0 spiro atoms. The van der Waals surface area contributed by atoms with Crippen LogP contribution in [0.1, 0.15) is 34.7 Å². The van der Waals surface area contributed by atoms with Crippen LogP contribution >= 0.6 is 0 Å². The van der Waals surface area contributed by atoms with Crippen molar-refractivity contribution in [2.24, 2.45) is 0 Å². The Hall–Kier alpha value is -3.12. The van der Waals surface area contributed by atoms with Crippen molar-refractivity contribution in [3.8, 4) is 5.75 Å². The Morgan fingerprint density at radius 2 is 1.83 bits per heavy atom. The predicted molar refractivity (Wildman–Crippen MR) is 116 cm³/mol. The fourth-order valence-electron chi connectivity index (χ4n) is 3.85. The molecule has 2 aromatic carbocycles. The number of aliphatic hydroxyl groups is 1. The van der Waals surface area contributed by atoms with E-state index >= 15 is 0 Å². The van der Waals surface area contributed by atoms with Crippen molar-refractivity contribution in [1.29, 1.82) is 0 Å². The second-order valence-corrected chi connectivity index (χ2v) is 8.06. The molecule has 1 aliphatic rings. The third-order valence-electron chi connectivity index (χ3n) is 5.38. The molecule has 6 nitrogen and oxygen atoms in total. The lowest BCUT2D eigenvalue weighted by molar-refractivity contribution is -0.139. The number of aliphatic hydroxyl groups excluding tert-OH is 1. The van der Waals surface area contributed by atoms with Crippen LogP contribution in [-0.2, 0) is 9.59 Å². The van der Waals surface area contributed by atoms with E-state index in [-0.39, 0.29) is 17.1 Å². The number of aromatic hydroxyl groups is 1. The molecule has 0 bridgehead atoms. The molecule has 158 valence electrons. The van der Waals surface area contributed by atoms with Gasteiger partial charge in [0.25, 0.3) is 11.7 Å². The van der Waals surface area contributed by atoms with Crippen LogP contribution in [-0.4, -0.2) is 58.9 Å². The zero-order chi connectivity index (χ0) is 22.0. The van der Waals surface area contributed by atoms with Crippen molar-refractivity contribution in [3.63, 3.8) is 0 Å². The molecule has 1 amide bonds. The van der Waals surface area contributed by atoms with Gasteiger partial charge in [0.1, 0.15) is 11.5 Å². The maximum atomic E-state index is 13.0. The van der Waals surface area contributed by atoms with Gasteiger partial charge in [-0.25, -0.2) is 0 Å². The van der Waals surface area contributed by atoms with Gasteiger partial charge in [-0.05, 0) is 70.2 Å². The molecule has 0 aromatic heterocycles. The molecule has 3 rings (SSSR count). The first-order valence-corrected chi connectivity index (χ1v) is 10.0. The molecule has 2 N–H and O–H groups in total. The topological polar surface area (TPSA) is 81.1 Å². The van der Waals surface area contributed by atoms with Crippen LogP contribution in [0.15, 0.2) is 48.0 Å². The molecule has 2 aromatic rings. The van der Waals surface area contributed by atoms with E-state index in [0.717, 1.165) is 17.7 Å². The number of nitrogens with zero attached hydrogens (tertiary/aromatic N) is 2.